The number of alkyl halides is 5. The smallest absolute Gasteiger partial charge is 0.425 e. The molecule has 2 fully saturated rings. The van der Waals surface area contributed by atoms with Crippen molar-refractivity contribution in [1.82, 2.24) is 0 Å². The normalized spacial score (nSPS) is 26.0. The molecule has 0 heterocycles. The van der Waals surface area contributed by atoms with Crippen LogP contribution in [0.15, 0.2) is 18.2 Å². The number of carbonyl (C=O) groups is 1. The van der Waals surface area contributed by atoms with Gasteiger partial charge in [0.15, 0.2) is 0 Å². The average Bonchev–Trinajstić information content (AvgIpc) is 3.39. The van der Waals surface area contributed by atoms with Gasteiger partial charge in [-0.1, -0.05) is 40.7 Å². The lowest BCUT2D eigenvalue weighted by Crippen LogP contribution is -2.47. The van der Waals surface area contributed by atoms with Crippen molar-refractivity contribution in [2.75, 3.05) is 59.1 Å². The first-order valence-corrected chi connectivity index (χ1v) is 20.6. The van der Waals surface area contributed by atoms with E-state index in [0.717, 1.165) is 51.4 Å². The summed E-state index contributed by atoms with van der Waals surface area (Å²) in [7, 11) is 1.61. The van der Waals surface area contributed by atoms with E-state index in [9.17, 15) is 31.9 Å². The number of fused-ring (bicyclic) bond motifs is 5. The molecular formula is C41H63F5O7S. The molecule has 4 rings (SSSR count). The number of esters is 1. The van der Waals surface area contributed by atoms with Gasteiger partial charge in [0.1, 0.15) is 12.4 Å². The minimum absolute atomic E-state index is 0.102. The number of thioether (sulfide) groups is 1. The molecule has 0 spiro atoms. The third-order valence-electron chi connectivity index (χ3n) is 12.1. The molecule has 0 amide bonds. The first-order chi connectivity index (χ1) is 25.3. The summed E-state index contributed by atoms with van der Waals surface area (Å²) in [4.78, 5) is 12.7. The van der Waals surface area contributed by atoms with E-state index in [1.807, 2.05) is 26.0 Å². The Morgan fingerprint density at radius 3 is 2.26 bits per heavy atom. The van der Waals surface area contributed by atoms with Crippen LogP contribution in [0.4, 0.5) is 22.0 Å². The molecule has 3 aliphatic rings. The van der Waals surface area contributed by atoms with Crippen molar-refractivity contribution in [3.63, 3.8) is 0 Å². The topological polar surface area (TPSA) is 83.5 Å². The second-order valence-corrected chi connectivity index (χ2v) is 19.1. The van der Waals surface area contributed by atoms with Gasteiger partial charge in [-0.05, 0) is 121 Å². The minimum Gasteiger partial charge on any atom is -0.425 e. The third-order valence-corrected chi connectivity index (χ3v) is 13.5. The van der Waals surface area contributed by atoms with Crippen molar-refractivity contribution in [3.05, 3.63) is 29.3 Å². The monoisotopic (exact) mass is 794 g/mol. The van der Waals surface area contributed by atoms with Gasteiger partial charge in [0.25, 0.3) is 0 Å². The van der Waals surface area contributed by atoms with Crippen LogP contribution in [0, 0.1) is 28.6 Å². The highest BCUT2D eigenvalue weighted by atomic mass is 32.2. The van der Waals surface area contributed by atoms with Crippen LogP contribution in [-0.2, 0) is 30.2 Å². The number of halogens is 5. The van der Waals surface area contributed by atoms with Crippen LogP contribution in [0.2, 0.25) is 0 Å². The number of aliphatic hydroxyl groups is 1. The lowest BCUT2D eigenvalue weighted by molar-refractivity contribution is -0.284. The SMILES string of the molecule is COCCOCCOCCOCC(=O)Oc1ccc2c(c1)C[C@@H](CCC(C)(C)CC(C)(C)SCCCC(F)(F)C(F)(F)F)[C@@H]1C2CC[C@@]2(C)C1CC[C@@H]2O. The van der Waals surface area contributed by atoms with Gasteiger partial charge in [0.2, 0.25) is 0 Å². The number of rotatable bonds is 22. The number of aliphatic hydroxyl groups excluding tert-OH is 1. The Hall–Kier alpha value is -1.51. The molecule has 0 aliphatic heterocycles. The van der Waals surface area contributed by atoms with E-state index in [2.05, 4.69) is 26.8 Å². The second kappa shape index (κ2) is 19.3. The van der Waals surface area contributed by atoms with E-state index in [4.69, 9.17) is 23.7 Å². The van der Waals surface area contributed by atoms with Crippen molar-refractivity contribution in [2.24, 2.45) is 28.6 Å². The van der Waals surface area contributed by atoms with Crippen LogP contribution in [0.25, 0.3) is 0 Å². The van der Waals surface area contributed by atoms with Crippen LogP contribution in [-0.4, -0.2) is 93.1 Å². The van der Waals surface area contributed by atoms with E-state index in [1.54, 1.807) is 7.11 Å². The van der Waals surface area contributed by atoms with E-state index < -0.39 is 24.5 Å². The third kappa shape index (κ3) is 12.2. The molecule has 3 aliphatic carbocycles. The number of hydrogen-bond donors (Lipinski definition) is 1. The Labute approximate surface area is 323 Å². The summed E-state index contributed by atoms with van der Waals surface area (Å²) in [5.41, 5.74) is 2.30. The molecule has 310 valence electrons. The number of ether oxygens (including phenoxy) is 5. The van der Waals surface area contributed by atoms with Crippen molar-refractivity contribution in [1.29, 1.82) is 0 Å². The first-order valence-electron chi connectivity index (χ1n) is 19.6. The molecule has 0 saturated heterocycles. The number of methoxy groups -OCH3 is 1. The zero-order valence-electron chi connectivity index (χ0n) is 33.0. The molecule has 2 saturated carbocycles. The Balaban J connectivity index is 1.35. The predicted molar refractivity (Wildman–Crippen MR) is 200 cm³/mol. The van der Waals surface area contributed by atoms with Gasteiger partial charge in [-0.2, -0.15) is 33.7 Å². The summed E-state index contributed by atoms with van der Waals surface area (Å²) in [6, 6.07) is 6.01. The van der Waals surface area contributed by atoms with Crippen molar-refractivity contribution in [3.8, 4) is 5.75 Å². The Morgan fingerprint density at radius 1 is 0.926 bits per heavy atom. The molecule has 2 unspecified atom stereocenters. The van der Waals surface area contributed by atoms with Gasteiger partial charge < -0.3 is 28.8 Å². The maximum absolute atomic E-state index is 13.5. The van der Waals surface area contributed by atoms with Gasteiger partial charge >= 0.3 is 18.1 Å². The summed E-state index contributed by atoms with van der Waals surface area (Å²) in [6.45, 7) is 13.1. The molecule has 1 N–H and O–H groups in total. The molecule has 0 bridgehead atoms. The highest BCUT2D eigenvalue weighted by molar-refractivity contribution is 8.00. The fourth-order valence-electron chi connectivity index (χ4n) is 9.64. The molecule has 0 radical (unpaired) electrons. The van der Waals surface area contributed by atoms with Crippen molar-refractivity contribution >= 4 is 17.7 Å². The fraction of sp³-hybridized carbons (Fsp3) is 0.829. The van der Waals surface area contributed by atoms with Gasteiger partial charge in [0.05, 0.1) is 45.7 Å². The minimum atomic E-state index is -5.52. The summed E-state index contributed by atoms with van der Waals surface area (Å²) in [5.74, 6) is -2.87. The van der Waals surface area contributed by atoms with Crippen molar-refractivity contribution in [2.45, 2.75) is 128 Å². The first kappa shape index (κ1) is 45.2. The van der Waals surface area contributed by atoms with Gasteiger partial charge in [0, 0.05) is 18.3 Å². The summed E-state index contributed by atoms with van der Waals surface area (Å²) >= 11 is 1.46. The van der Waals surface area contributed by atoms with Crippen LogP contribution >= 0.6 is 11.8 Å². The van der Waals surface area contributed by atoms with E-state index in [-0.39, 0.29) is 47.1 Å². The predicted octanol–water partition coefficient (Wildman–Crippen LogP) is 9.42. The zero-order chi connectivity index (χ0) is 39.8. The lowest BCUT2D eigenvalue weighted by Gasteiger charge is -2.53. The highest BCUT2D eigenvalue weighted by Crippen LogP contribution is 2.63. The van der Waals surface area contributed by atoms with Gasteiger partial charge in [-0.3, -0.25) is 0 Å². The fourth-order valence-corrected chi connectivity index (χ4v) is 11.0. The Kier molecular flexibility index (Phi) is 16.1. The van der Waals surface area contributed by atoms with E-state index in [0.29, 0.717) is 62.5 Å². The molecule has 7 nitrogen and oxygen atoms in total. The van der Waals surface area contributed by atoms with Gasteiger partial charge in [-0.25, -0.2) is 4.79 Å². The highest BCUT2D eigenvalue weighted by Gasteiger charge is 2.57. The number of hydrogen-bond acceptors (Lipinski definition) is 8. The largest absolute Gasteiger partial charge is 0.453 e. The average molecular weight is 795 g/mol. The number of benzene rings is 1. The quantitative estimate of drug-likeness (QED) is 0.0539. The van der Waals surface area contributed by atoms with E-state index in [1.165, 1.54) is 22.9 Å². The van der Waals surface area contributed by atoms with Crippen molar-refractivity contribution < 1.29 is 55.5 Å². The maximum atomic E-state index is 13.5. The Morgan fingerprint density at radius 2 is 1.59 bits per heavy atom. The van der Waals surface area contributed by atoms with Crippen LogP contribution in [0.1, 0.15) is 109 Å². The molecule has 1 aromatic carbocycles. The summed E-state index contributed by atoms with van der Waals surface area (Å²) < 4.78 is 91.4. The maximum Gasteiger partial charge on any atom is 0.453 e. The summed E-state index contributed by atoms with van der Waals surface area (Å²) in [5, 5.41) is 11.1. The van der Waals surface area contributed by atoms with Crippen LogP contribution in [0.3, 0.4) is 0 Å². The number of carbonyl (C=O) groups excluding carboxylic acids is 1. The molecular weight excluding hydrogens is 732 g/mol. The molecule has 54 heavy (non-hydrogen) atoms. The van der Waals surface area contributed by atoms with Gasteiger partial charge in [-0.15, -0.1) is 0 Å². The standard InChI is InChI=1S/C41H63F5O7S/c1-37(2,27-38(3,4)54-23-7-14-40(42,43)41(44,45)46)15-12-28-24-29-25-30(53-35(48)26-52-22-21-51-20-19-50-18-17-49-6)8-9-31(29)32-13-16-39(5)33(36(28)32)10-11-34(39)47/h8-9,25,28,32-34,36,47H,7,10-24,26-27H2,1-6H3/t28-,32?,33?,34+,36-,39+/m1/s1. The Bertz CT molecular complexity index is 1340. The lowest BCUT2D eigenvalue weighted by atomic mass is 9.52. The van der Waals surface area contributed by atoms with Crippen LogP contribution in [0.5, 0.6) is 5.75 Å². The van der Waals surface area contributed by atoms with E-state index >= 15 is 0 Å². The molecule has 0 aromatic heterocycles. The second-order valence-electron chi connectivity index (χ2n) is 17.3. The summed E-state index contributed by atoms with van der Waals surface area (Å²) in [6.07, 6.45) is 0.0986. The molecule has 6 atom stereocenters. The molecule has 1 aromatic rings. The van der Waals surface area contributed by atoms with Crippen LogP contribution < -0.4 is 4.74 Å². The molecule has 13 heteroatoms. The zero-order valence-corrected chi connectivity index (χ0v) is 33.9.